The third-order valence-electron chi connectivity index (χ3n) is 6.46. The molecule has 0 unspecified atom stereocenters. The molecule has 0 spiro atoms. The molecule has 40 heavy (non-hydrogen) atoms. The second-order valence-corrected chi connectivity index (χ2v) is 10.2. The van der Waals surface area contributed by atoms with E-state index in [1.165, 1.54) is 34.8 Å². The summed E-state index contributed by atoms with van der Waals surface area (Å²) < 4.78 is 36.7. The van der Waals surface area contributed by atoms with Gasteiger partial charge in [-0.05, 0) is 60.2 Å². The maximum Gasteiger partial charge on any atom is 0.490 e. The molecular formula is C28H32F3N3O5S. The van der Waals surface area contributed by atoms with Crippen LogP contribution in [0.15, 0.2) is 60.0 Å². The molecule has 0 saturated carbocycles. The highest BCUT2D eigenvalue weighted by Gasteiger charge is 2.38. The third-order valence-corrected chi connectivity index (χ3v) is 7.33. The van der Waals surface area contributed by atoms with E-state index < -0.39 is 24.2 Å². The van der Waals surface area contributed by atoms with E-state index in [0.717, 1.165) is 30.9 Å². The quantitative estimate of drug-likeness (QED) is 0.355. The topological polar surface area (TPSA) is 99.2 Å². The Hall–Kier alpha value is -3.48. The van der Waals surface area contributed by atoms with Gasteiger partial charge in [0.05, 0.1) is 18.7 Å². The molecule has 0 radical (unpaired) electrons. The molecule has 2 N–H and O–H groups in total. The highest BCUT2D eigenvalue weighted by Crippen LogP contribution is 2.26. The molecule has 216 valence electrons. The summed E-state index contributed by atoms with van der Waals surface area (Å²) in [5, 5.41) is 15.7. The van der Waals surface area contributed by atoms with Crippen LogP contribution in [0.4, 0.5) is 18.2 Å². The van der Waals surface area contributed by atoms with Crippen molar-refractivity contribution in [1.29, 1.82) is 0 Å². The summed E-state index contributed by atoms with van der Waals surface area (Å²) in [5.74, 6) is -3.28. The number of carboxylic acids is 1. The fourth-order valence-corrected chi connectivity index (χ4v) is 5.39. The van der Waals surface area contributed by atoms with Gasteiger partial charge in [-0.3, -0.25) is 14.6 Å². The number of ether oxygens (including phenoxy) is 1. The molecule has 1 aliphatic heterocycles. The summed E-state index contributed by atoms with van der Waals surface area (Å²) in [6.07, 6.45) is -2.82. The van der Waals surface area contributed by atoms with E-state index in [9.17, 15) is 22.8 Å². The van der Waals surface area contributed by atoms with Gasteiger partial charge in [0.25, 0.3) is 0 Å². The maximum atomic E-state index is 13.6. The van der Waals surface area contributed by atoms with E-state index in [1.807, 2.05) is 23.6 Å². The predicted octanol–water partition coefficient (Wildman–Crippen LogP) is 4.68. The molecule has 2 aromatic carbocycles. The zero-order valence-corrected chi connectivity index (χ0v) is 23.0. The Morgan fingerprint density at radius 3 is 2.42 bits per heavy atom. The first kappa shape index (κ1) is 31.1. The lowest BCUT2D eigenvalue weighted by molar-refractivity contribution is -0.192. The molecule has 4 rings (SSSR count). The van der Waals surface area contributed by atoms with Crippen molar-refractivity contribution in [2.45, 2.75) is 44.6 Å². The van der Waals surface area contributed by atoms with Gasteiger partial charge in [0, 0.05) is 19.1 Å². The predicted molar refractivity (Wildman–Crippen MR) is 147 cm³/mol. The van der Waals surface area contributed by atoms with Gasteiger partial charge in [-0.15, -0.1) is 11.3 Å². The van der Waals surface area contributed by atoms with E-state index in [1.54, 1.807) is 11.8 Å². The average molecular weight is 580 g/mol. The van der Waals surface area contributed by atoms with Gasteiger partial charge in [-0.1, -0.05) is 42.5 Å². The maximum absolute atomic E-state index is 13.6. The molecule has 0 aliphatic carbocycles. The monoisotopic (exact) mass is 579 g/mol. The lowest BCUT2D eigenvalue weighted by atomic mass is 10.0. The highest BCUT2D eigenvalue weighted by atomic mass is 32.1. The van der Waals surface area contributed by atoms with Crippen molar-refractivity contribution in [2.75, 3.05) is 31.6 Å². The lowest BCUT2D eigenvalue weighted by Crippen LogP contribution is -2.49. The molecule has 1 aliphatic rings. The molecule has 1 fully saturated rings. The fraction of sp³-hybridized carbons (Fsp3) is 0.393. The van der Waals surface area contributed by atoms with E-state index in [2.05, 4.69) is 46.6 Å². The standard InChI is InChI=1S/C26H31N3O3S.C2HF3O2/c1-19(26(31)32-2)29(25-13-7-15-33-25)24(30)18-28(17-22-11-6-14-27-22)16-21-10-5-9-20-8-3-4-12-23(20)21;3-2(4,5)1(6)7/h3-5,7-10,12-13,15,19,22,27H,6,11,14,16-18H2,1-2H3;(H,6,7)/t19-,22-;/m0./s1. The van der Waals surface area contributed by atoms with Crippen LogP contribution in [-0.2, 0) is 25.7 Å². The molecule has 8 nitrogen and oxygen atoms in total. The van der Waals surface area contributed by atoms with Crippen molar-refractivity contribution in [2.24, 2.45) is 0 Å². The number of carbonyl (C=O) groups excluding carboxylic acids is 2. The molecule has 0 bridgehead atoms. The number of alkyl halides is 3. The number of benzene rings is 2. The number of hydrogen-bond donors (Lipinski definition) is 2. The third kappa shape index (κ3) is 8.51. The Balaban J connectivity index is 0.000000559. The Kier molecular flexibility index (Phi) is 11.1. The van der Waals surface area contributed by atoms with Crippen molar-refractivity contribution < 1.29 is 37.4 Å². The lowest BCUT2D eigenvalue weighted by Gasteiger charge is -2.31. The molecule has 1 amide bonds. The number of carboxylic acid groups (broad SMARTS) is 1. The van der Waals surface area contributed by atoms with Gasteiger partial charge in [0.1, 0.15) is 6.04 Å². The normalized spacial score (nSPS) is 15.8. The molecule has 3 aromatic rings. The van der Waals surface area contributed by atoms with Crippen LogP contribution in [-0.4, -0.2) is 72.9 Å². The van der Waals surface area contributed by atoms with Crippen LogP contribution < -0.4 is 10.2 Å². The van der Waals surface area contributed by atoms with E-state index in [-0.39, 0.29) is 12.5 Å². The minimum atomic E-state index is -5.08. The van der Waals surface area contributed by atoms with Crippen molar-refractivity contribution in [3.63, 3.8) is 0 Å². The number of esters is 1. The Labute approximate surface area is 234 Å². The fourth-order valence-electron chi connectivity index (χ4n) is 4.56. The summed E-state index contributed by atoms with van der Waals surface area (Å²) in [7, 11) is 1.36. The van der Waals surface area contributed by atoms with Crippen LogP contribution in [0.25, 0.3) is 10.8 Å². The minimum absolute atomic E-state index is 0.103. The molecule has 12 heteroatoms. The Morgan fingerprint density at radius 2 is 1.82 bits per heavy atom. The van der Waals surface area contributed by atoms with Gasteiger partial charge in [0.15, 0.2) is 0 Å². The number of methoxy groups -OCH3 is 1. The van der Waals surface area contributed by atoms with Crippen molar-refractivity contribution >= 4 is 45.0 Å². The first-order valence-electron chi connectivity index (χ1n) is 12.7. The Morgan fingerprint density at radius 1 is 1.12 bits per heavy atom. The smallest absolute Gasteiger partial charge is 0.475 e. The summed E-state index contributed by atoms with van der Waals surface area (Å²) >= 11 is 1.45. The first-order chi connectivity index (χ1) is 19.0. The van der Waals surface area contributed by atoms with Crippen molar-refractivity contribution in [1.82, 2.24) is 10.2 Å². The number of fused-ring (bicyclic) bond motifs is 1. The van der Waals surface area contributed by atoms with Gasteiger partial charge < -0.3 is 15.2 Å². The van der Waals surface area contributed by atoms with Gasteiger partial charge in [-0.25, -0.2) is 9.59 Å². The Bertz CT molecular complexity index is 1270. The molecular weight excluding hydrogens is 547 g/mol. The minimum Gasteiger partial charge on any atom is -0.475 e. The van der Waals surface area contributed by atoms with Crippen LogP contribution in [0.2, 0.25) is 0 Å². The second kappa shape index (κ2) is 14.2. The molecule has 2 atom stereocenters. The number of carbonyl (C=O) groups is 3. The molecule has 1 aromatic heterocycles. The van der Waals surface area contributed by atoms with E-state index >= 15 is 0 Å². The largest absolute Gasteiger partial charge is 0.490 e. The van der Waals surface area contributed by atoms with Gasteiger partial charge >= 0.3 is 18.1 Å². The number of amides is 1. The highest BCUT2D eigenvalue weighted by molar-refractivity contribution is 7.14. The number of anilines is 1. The second-order valence-electron chi connectivity index (χ2n) is 9.32. The molecule has 1 saturated heterocycles. The summed E-state index contributed by atoms with van der Waals surface area (Å²) in [6.45, 7) is 4.40. The van der Waals surface area contributed by atoms with Crippen LogP contribution in [0.3, 0.4) is 0 Å². The van der Waals surface area contributed by atoms with E-state index in [4.69, 9.17) is 14.6 Å². The summed E-state index contributed by atoms with van der Waals surface area (Å²) in [4.78, 5) is 38.6. The average Bonchev–Trinajstić information content (AvgIpc) is 3.63. The SMILES string of the molecule is COC(=O)[C@H](C)N(C(=O)CN(Cc1cccc2ccccc12)C[C@@H]1CCCN1)c1cccs1.O=C(O)C(F)(F)F. The van der Waals surface area contributed by atoms with Crippen molar-refractivity contribution in [3.8, 4) is 0 Å². The number of nitrogens with one attached hydrogen (secondary N) is 1. The zero-order chi connectivity index (χ0) is 29.3. The van der Waals surface area contributed by atoms with Crippen LogP contribution in [0.5, 0.6) is 0 Å². The van der Waals surface area contributed by atoms with Crippen molar-refractivity contribution in [3.05, 3.63) is 65.5 Å². The van der Waals surface area contributed by atoms with Crippen LogP contribution >= 0.6 is 11.3 Å². The van der Waals surface area contributed by atoms with Crippen LogP contribution in [0.1, 0.15) is 25.3 Å². The molecule has 2 heterocycles. The number of halogens is 3. The first-order valence-corrected chi connectivity index (χ1v) is 13.5. The zero-order valence-electron chi connectivity index (χ0n) is 22.2. The van der Waals surface area contributed by atoms with Crippen LogP contribution in [0, 0.1) is 0 Å². The number of thiophene rings is 1. The number of nitrogens with zero attached hydrogens (tertiary/aromatic N) is 2. The summed E-state index contributed by atoms with van der Waals surface area (Å²) in [6, 6.07) is 18.1. The number of rotatable bonds is 9. The summed E-state index contributed by atoms with van der Waals surface area (Å²) in [5.41, 5.74) is 1.20. The number of aliphatic carboxylic acids is 1. The van der Waals surface area contributed by atoms with Gasteiger partial charge in [-0.2, -0.15) is 13.2 Å². The van der Waals surface area contributed by atoms with Gasteiger partial charge in [0.2, 0.25) is 5.91 Å². The number of hydrogen-bond acceptors (Lipinski definition) is 7. The van der Waals surface area contributed by atoms with E-state index in [0.29, 0.717) is 12.6 Å².